The SMILES string of the molecule is Cc1cc(O)ccc1[C@@H](O)[C@H](C)NCCc1ccc(OCC(=O)N2CCOCC2)cc1. The van der Waals surface area contributed by atoms with Gasteiger partial charge in [0.15, 0.2) is 6.61 Å². The van der Waals surface area contributed by atoms with Crippen LogP contribution in [-0.2, 0) is 16.0 Å². The van der Waals surface area contributed by atoms with Gasteiger partial charge in [-0.3, -0.25) is 4.79 Å². The highest BCUT2D eigenvalue weighted by Crippen LogP contribution is 2.24. The molecular formula is C24H32N2O5. The number of morpholine rings is 1. The maximum absolute atomic E-state index is 12.1. The summed E-state index contributed by atoms with van der Waals surface area (Å²) in [5.74, 6) is 0.852. The van der Waals surface area contributed by atoms with Gasteiger partial charge in [0, 0.05) is 19.1 Å². The van der Waals surface area contributed by atoms with E-state index < -0.39 is 6.10 Å². The molecule has 1 fully saturated rings. The lowest BCUT2D eigenvalue weighted by atomic mass is 9.98. The molecule has 2 atom stereocenters. The fraction of sp³-hybridized carbons (Fsp3) is 0.458. The fourth-order valence-electron chi connectivity index (χ4n) is 3.62. The van der Waals surface area contributed by atoms with Crippen molar-refractivity contribution in [3.8, 4) is 11.5 Å². The molecule has 0 radical (unpaired) electrons. The van der Waals surface area contributed by atoms with Gasteiger partial charge in [-0.05, 0) is 67.8 Å². The van der Waals surface area contributed by atoms with Crippen LogP contribution in [0.1, 0.15) is 29.7 Å². The number of aromatic hydroxyl groups is 1. The Hall–Kier alpha value is -2.61. The van der Waals surface area contributed by atoms with E-state index in [4.69, 9.17) is 9.47 Å². The second-order valence-corrected chi connectivity index (χ2v) is 7.90. The van der Waals surface area contributed by atoms with E-state index in [0.29, 0.717) is 38.6 Å². The summed E-state index contributed by atoms with van der Waals surface area (Å²) >= 11 is 0. The third kappa shape index (κ3) is 6.69. The first-order chi connectivity index (χ1) is 14.9. The van der Waals surface area contributed by atoms with Crippen LogP contribution in [0.4, 0.5) is 0 Å². The minimum atomic E-state index is -0.652. The summed E-state index contributed by atoms with van der Waals surface area (Å²) in [6, 6.07) is 12.6. The number of phenolic OH excluding ortho intramolecular Hbond substituents is 1. The zero-order chi connectivity index (χ0) is 22.2. The first kappa shape index (κ1) is 23.1. The Morgan fingerprint density at radius 1 is 1.19 bits per heavy atom. The molecule has 3 rings (SSSR count). The molecule has 2 aromatic carbocycles. The molecular weight excluding hydrogens is 396 g/mol. The summed E-state index contributed by atoms with van der Waals surface area (Å²) in [7, 11) is 0. The van der Waals surface area contributed by atoms with E-state index in [0.717, 1.165) is 23.1 Å². The highest BCUT2D eigenvalue weighted by Gasteiger charge is 2.18. The molecule has 3 N–H and O–H groups in total. The number of nitrogens with zero attached hydrogens (tertiary/aromatic N) is 1. The van der Waals surface area contributed by atoms with Crippen LogP contribution in [0.25, 0.3) is 0 Å². The lowest BCUT2D eigenvalue weighted by Gasteiger charge is -2.26. The van der Waals surface area contributed by atoms with Gasteiger partial charge < -0.3 is 29.9 Å². The van der Waals surface area contributed by atoms with Crippen molar-refractivity contribution in [1.29, 1.82) is 0 Å². The molecule has 1 aliphatic heterocycles. The van der Waals surface area contributed by atoms with Crippen LogP contribution in [0.5, 0.6) is 11.5 Å². The average Bonchev–Trinajstić information content (AvgIpc) is 2.78. The van der Waals surface area contributed by atoms with E-state index in [9.17, 15) is 15.0 Å². The van der Waals surface area contributed by atoms with Gasteiger partial charge in [0.25, 0.3) is 5.91 Å². The summed E-state index contributed by atoms with van der Waals surface area (Å²) < 4.78 is 10.9. The van der Waals surface area contributed by atoms with Crippen LogP contribution in [0.15, 0.2) is 42.5 Å². The van der Waals surface area contributed by atoms with Crippen molar-refractivity contribution in [3.63, 3.8) is 0 Å². The van der Waals surface area contributed by atoms with Gasteiger partial charge in [0.1, 0.15) is 11.5 Å². The van der Waals surface area contributed by atoms with E-state index in [1.54, 1.807) is 23.1 Å². The van der Waals surface area contributed by atoms with Crippen molar-refractivity contribution in [1.82, 2.24) is 10.2 Å². The lowest BCUT2D eigenvalue weighted by molar-refractivity contribution is -0.137. The number of ether oxygens (including phenoxy) is 2. The number of carbonyl (C=O) groups excluding carboxylic acids is 1. The number of hydrogen-bond acceptors (Lipinski definition) is 6. The third-order valence-corrected chi connectivity index (χ3v) is 5.58. The minimum absolute atomic E-state index is 0.0204. The summed E-state index contributed by atoms with van der Waals surface area (Å²) in [6.45, 7) is 6.97. The zero-order valence-corrected chi connectivity index (χ0v) is 18.2. The number of hydrogen-bond donors (Lipinski definition) is 3. The molecule has 0 unspecified atom stereocenters. The van der Waals surface area contributed by atoms with Gasteiger partial charge in [-0.15, -0.1) is 0 Å². The predicted molar refractivity (Wildman–Crippen MR) is 118 cm³/mol. The van der Waals surface area contributed by atoms with Gasteiger partial charge in [0.05, 0.1) is 19.3 Å². The Morgan fingerprint density at radius 3 is 2.58 bits per heavy atom. The van der Waals surface area contributed by atoms with Crippen molar-refractivity contribution < 1.29 is 24.5 Å². The van der Waals surface area contributed by atoms with Crippen molar-refractivity contribution >= 4 is 5.91 Å². The Balaban J connectivity index is 1.41. The maximum atomic E-state index is 12.1. The predicted octanol–water partition coefficient (Wildman–Crippen LogP) is 2.19. The zero-order valence-electron chi connectivity index (χ0n) is 18.2. The number of benzene rings is 2. The molecule has 0 spiro atoms. The Kier molecular flexibility index (Phi) is 8.28. The van der Waals surface area contributed by atoms with Crippen molar-refractivity contribution in [2.24, 2.45) is 0 Å². The van der Waals surface area contributed by atoms with Crippen molar-refractivity contribution in [2.45, 2.75) is 32.4 Å². The van der Waals surface area contributed by atoms with Gasteiger partial charge in [-0.1, -0.05) is 18.2 Å². The van der Waals surface area contributed by atoms with Crippen LogP contribution >= 0.6 is 0 Å². The molecule has 168 valence electrons. The quantitative estimate of drug-likeness (QED) is 0.567. The van der Waals surface area contributed by atoms with Crippen molar-refractivity contribution in [3.05, 3.63) is 59.2 Å². The summed E-state index contributed by atoms with van der Waals surface area (Å²) in [6.07, 6.45) is 0.152. The molecule has 7 heteroatoms. The molecule has 1 aliphatic rings. The van der Waals surface area contributed by atoms with Crippen molar-refractivity contribution in [2.75, 3.05) is 39.5 Å². The third-order valence-electron chi connectivity index (χ3n) is 5.58. The summed E-state index contributed by atoms with van der Waals surface area (Å²) in [4.78, 5) is 13.9. The van der Waals surface area contributed by atoms with E-state index >= 15 is 0 Å². The van der Waals surface area contributed by atoms with Gasteiger partial charge >= 0.3 is 0 Å². The molecule has 1 saturated heterocycles. The van der Waals surface area contributed by atoms with E-state index in [2.05, 4.69) is 5.32 Å². The highest BCUT2D eigenvalue weighted by molar-refractivity contribution is 5.77. The fourth-order valence-corrected chi connectivity index (χ4v) is 3.62. The van der Waals surface area contributed by atoms with Crippen LogP contribution in [0.3, 0.4) is 0 Å². The largest absolute Gasteiger partial charge is 0.508 e. The monoisotopic (exact) mass is 428 g/mol. The molecule has 0 aromatic heterocycles. The second-order valence-electron chi connectivity index (χ2n) is 7.90. The number of nitrogens with one attached hydrogen (secondary N) is 1. The molecule has 1 heterocycles. The molecule has 31 heavy (non-hydrogen) atoms. The van der Waals surface area contributed by atoms with Crippen LogP contribution < -0.4 is 10.1 Å². The maximum Gasteiger partial charge on any atom is 0.260 e. The number of carbonyl (C=O) groups is 1. The molecule has 7 nitrogen and oxygen atoms in total. The van der Waals surface area contributed by atoms with E-state index in [1.807, 2.05) is 38.1 Å². The number of aliphatic hydroxyl groups is 1. The standard InChI is InChI=1S/C24H32N2O5/c1-17-15-20(27)5-8-22(17)24(29)18(2)25-10-9-19-3-6-21(7-4-19)31-16-23(28)26-11-13-30-14-12-26/h3-8,15,18,24-25,27,29H,9-14,16H2,1-2H3/t18-,24-/m0/s1. The van der Waals surface area contributed by atoms with Crippen LogP contribution in [0, 0.1) is 6.92 Å². The average molecular weight is 429 g/mol. The Bertz CT molecular complexity index is 850. The molecule has 2 aromatic rings. The Morgan fingerprint density at radius 2 is 1.90 bits per heavy atom. The van der Waals surface area contributed by atoms with E-state index in [-0.39, 0.29) is 24.3 Å². The number of rotatable bonds is 9. The topological polar surface area (TPSA) is 91.3 Å². The van der Waals surface area contributed by atoms with Gasteiger partial charge in [0.2, 0.25) is 0 Å². The van der Waals surface area contributed by atoms with Crippen LogP contribution in [0.2, 0.25) is 0 Å². The number of aryl methyl sites for hydroxylation is 1. The lowest BCUT2D eigenvalue weighted by Crippen LogP contribution is -2.42. The number of aliphatic hydroxyl groups excluding tert-OH is 1. The molecule has 0 saturated carbocycles. The van der Waals surface area contributed by atoms with Gasteiger partial charge in [-0.25, -0.2) is 0 Å². The smallest absolute Gasteiger partial charge is 0.260 e. The minimum Gasteiger partial charge on any atom is -0.508 e. The second kappa shape index (κ2) is 11.1. The molecule has 0 bridgehead atoms. The molecule has 1 amide bonds. The normalized spacial score (nSPS) is 16.0. The highest BCUT2D eigenvalue weighted by atomic mass is 16.5. The van der Waals surface area contributed by atoms with Gasteiger partial charge in [-0.2, -0.15) is 0 Å². The van der Waals surface area contributed by atoms with E-state index in [1.165, 1.54) is 0 Å². The molecule has 0 aliphatic carbocycles. The number of amides is 1. The Labute approximate surface area is 183 Å². The summed E-state index contributed by atoms with van der Waals surface area (Å²) in [5, 5.41) is 23.5. The first-order valence-corrected chi connectivity index (χ1v) is 10.7. The first-order valence-electron chi connectivity index (χ1n) is 10.7. The van der Waals surface area contributed by atoms with Crippen LogP contribution in [-0.4, -0.2) is 66.5 Å². The number of phenols is 1. The summed E-state index contributed by atoms with van der Waals surface area (Å²) in [5.41, 5.74) is 2.82.